The number of aliphatic hydroxyl groups excluding tert-OH is 3. The first-order valence-electron chi connectivity index (χ1n) is 13.2. The van der Waals surface area contributed by atoms with E-state index in [1.807, 2.05) is 18.2 Å². The molecule has 2 aromatic rings. The first-order valence-corrected chi connectivity index (χ1v) is 13.2. The molecule has 12 heteroatoms. The molecule has 0 bridgehead atoms. The van der Waals surface area contributed by atoms with Crippen LogP contribution in [0.15, 0.2) is 36.4 Å². The maximum absolute atomic E-state index is 12.7. The number of rotatable bonds is 11. The maximum Gasteiger partial charge on any atom is 0.309 e. The molecule has 3 N–H and O–H groups in total. The van der Waals surface area contributed by atoms with Gasteiger partial charge in [0.2, 0.25) is 6.29 Å². The van der Waals surface area contributed by atoms with Gasteiger partial charge in [-0.25, -0.2) is 0 Å². The fraction of sp³-hybridized carbons (Fsp3) is 0.517. The number of hydrogen-bond donors (Lipinski definition) is 3. The summed E-state index contributed by atoms with van der Waals surface area (Å²) in [5, 5.41) is 30.3. The second-order valence-corrected chi connectivity index (χ2v) is 9.98. The summed E-state index contributed by atoms with van der Waals surface area (Å²) in [6.07, 6.45) is -5.93. The van der Waals surface area contributed by atoms with Crippen LogP contribution >= 0.6 is 0 Å². The van der Waals surface area contributed by atoms with Gasteiger partial charge in [0, 0.05) is 12.8 Å². The molecule has 7 atom stereocenters. The summed E-state index contributed by atoms with van der Waals surface area (Å²) in [7, 11) is 4.58. The van der Waals surface area contributed by atoms with Gasteiger partial charge in [0.15, 0.2) is 29.1 Å². The standard InChI is InChI=1S/C29H36O12/c1-15(31)39-27-26(33)25(32)24(13-30)41-29(27)40-21-8-6-17(12-23(21)37-4)10-19-18(14-38-28(19)34)9-16-5-7-20(35-2)22(11-16)36-3/h5-8,11-12,18-19,24-27,29-30,32-33H,9-10,13-14H2,1-4H3/t18-,19+,24+,25+,26-,27+,29+/m0/s1. The summed E-state index contributed by atoms with van der Waals surface area (Å²) >= 11 is 0. The average Bonchev–Trinajstić information content (AvgIpc) is 3.30. The summed E-state index contributed by atoms with van der Waals surface area (Å²) in [4.78, 5) is 24.3. The van der Waals surface area contributed by atoms with Gasteiger partial charge in [-0.15, -0.1) is 0 Å². The summed E-state index contributed by atoms with van der Waals surface area (Å²) in [5.74, 6) is 0.286. The highest BCUT2D eigenvalue weighted by Gasteiger charge is 2.48. The third-order valence-electron chi connectivity index (χ3n) is 7.31. The molecule has 0 aliphatic carbocycles. The average molecular weight is 577 g/mol. The van der Waals surface area contributed by atoms with E-state index in [0.29, 0.717) is 36.7 Å². The van der Waals surface area contributed by atoms with Crippen molar-refractivity contribution < 1.29 is 58.1 Å². The molecule has 0 aromatic heterocycles. The topological polar surface area (TPSA) is 159 Å². The van der Waals surface area contributed by atoms with Crippen LogP contribution in [0.3, 0.4) is 0 Å². The molecule has 12 nitrogen and oxygen atoms in total. The number of hydrogen-bond acceptors (Lipinski definition) is 12. The number of methoxy groups -OCH3 is 3. The highest BCUT2D eigenvalue weighted by Crippen LogP contribution is 2.36. The Morgan fingerprint density at radius 2 is 1.51 bits per heavy atom. The van der Waals surface area contributed by atoms with Crippen molar-refractivity contribution in [2.45, 2.75) is 50.5 Å². The second-order valence-electron chi connectivity index (χ2n) is 9.98. The Morgan fingerprint density at radius 3 is 2.12 bits per heavy atom. The molecular formula is C29H36O12. The van der Waals surface area contributed by atoms with E-state index in [1.54, 1.807) is 32.4 Å². The second kappa shape index (κ2) is 13.4. The minimum absolute atomic E-state index is 0.0639. The van der Waals surface area contributed by atoms with Gasteiger partial charge in [-0.3, -0.25) is 9.59 Å². The molecular weight excluding hydrogens is 540 g/mol. The van der Waals surface area contributed by atoms with Gasteiger partial charge in [-0.1, -0.05) is 12.1 Å². The minimum atomic E-state index is -1.56. The van der Waals surface area contributed by atoms with E-state index in [0.717, 1.165) is 18.1 Å². The fourth-order valence-corrected chi connectivity index (χ4v) is 5.15. The van der Waals surface area contributed by atoms with Gasteiger partial charge in [-0.05, 0) is 48.2 Å². The van der Waals surface area contributed by atoms with E-state index in [9.17, 15) is 24.9 Å². The lowest BCUT2D eigenvalue weighted by Crippen LogP contribution is -2.61. The van der Waals surface area contributed by atoms with Crippen LogP contribution < -0.4 is 18.9 Å². The van der Waals surface area contributed by atoms with Crippen LogP contribution in [-0.4, -0.2) is 92.5 Å². The lowest BCUT2D eigenvalue weighted by Gasteiger charge is -2.41. The van der Waals surface area contributed by atoms with E-state index in [4.69, 9.17) is 33.2 Å². The Kier molecular flexibility index (Phi) is 9.92. The number of aliphatic hydroxyl groups is 3. The zero-order chi connectivity index (χ0) is 29.7. The normalized spacial score (nSPS) is 27.6. The van der Waals surface area contributed by atoms with Crippen LogP contribution in [0.5, 0.6) is 23.0 Å². The van der Waals surface area contributed by atoms with E-state index in [1.165, 1.54) is 7.11 Å². The molecule has 0 radical (unpaired) electrons. The molecule has 2 aliphatic rings. The largest absolute Gasteiger partial charge is 0.493 e. The van der Waals surface area contributed by atoms with E-state index in [2.05, 4.69) is 0 Å². The predicted octanol–water partition coefficient (Wildman–Crippen LogP) is 1.04. The van der Waals surface area contributed by atoms with Crippen molar-refractivity contribution in [3.8, 4) is 23.0 Å². The highest BCUT2D eigenvalue weighted by atomic mass is 16.7. The monoisotopic (exact) mass is 576 g/mol. The zero-order valence-corrected chi connectivity index (χ0v) is 23.3. The zero-order valence-electron chi connectivity index (χ0n) is 23.3. The first-order chi connectivity index (χ1) is 19.7. The van der Waals surface area contributed by atoms with Gasteiger partial charge < -0.3 is 48.5 Å². The first kappa shape index (κ1) is 30.4. The fourth-order valence-electron chi connectivity index (χ4n) is 5.15. The number of carbonyl (C=O) groups excluding carboxylic acids is 2. The maximum atomic E-state index is 12.7. The Morgan fingerprint density at radius 1 is 0.902 bits per heavy atom. The van der Waals surface area contributed by atoms with Crippen LogP contribution in [-0.2, 0) is 36.6 Å². The van der Waals surface area contributed by atoms with Gasteiger partial charge in [0.1, 0.15) is 18.3 Å². The molecule has 41 heavy (non-hydrogen) atoms. The Bertz CT molecular complexity index is 1220. The van der Waals surface area contributed by atoms with Crippen LogP contribution in [0.1, 0.15) is 18.1 Å². The number of carbonyl (C=O) groups is 2. The van der Waals surface area contributed by atoms with E-state index in [-0.39, 0.29) is 17.6 Å². The molecule has 0 saturated carbocycles. The molecule has 2 aromatic carbocycles. The van der Waals surface area contributed by atoms with Gasteiger partial charge in [0.25, 0.3) is 0 Å². The Labute approximate surface area is 237 Å². The van der Waals surface area contributed by atoms with Crippen LogP contribution in [0.4, 0.5) is 0 Å². The number of benzene rings is 2. The molecule has 2 fully saturated rings. The number of ether oxygens (including phenoxy) is 7. The van der Waals surface area contributed by atoms with Crippen LogP contribution in [0, 0.1) is 11.8 Å². The molecule has 224 valence electrons. The lowest BCUT2D eigenvalue weighted by molar-refractivity contribution is -0.282. The van der Waals surface area contributed by atoms with Crippen molar-refractivity contribution in [3.05, 3.63) is 47.5 Å². The number of cyclic esters (lactones) is 1. The number of esters is 2. The van der Waals surface area contributed by atoms with Crippen molar-refractivity contribution in [1.82, 2.24) is 0 Å². The SMILES string of the molecule is COc1ccc(C[C@H]2COC(=O)[C@@H]2Cc2ccc(O[C@@H]3O[C@H](CO)[C@@H](O)[C@H](O)[C@H]3OC(C)=O)c(OC)c2)cc1OC. The lowest BCUT2D eigenvalue weighted by atomic mass is 9.85. The molecule has 2 saturated heterocycles. The van der Waals surface area contributed by atoms with Gasteiger partial charge in [-0.2, -0.15) is 0 Å². The quantitative estimate of drug-likeness (QED) is 0.327. The van der Waals surface area contributed by atoms with Crippen molar-refractivity contribution in [2.75, 3.05) is 34.5 Å². The summed E-state index contributed by atoms with van der Waals surface area (Å²) in [6, 6.07) is 10.7. The van der Waals surface area contributed by atoms with Crippen molar-refractivity contribution in [1.29, 1.82) is 0 Å². The third kappa shape index (κ3) is 6.84. The smallest absolute Gasteiger partial charge is 0.309 e. The Balaban J connectivity index is 1.50. The highest BCUT2D eigenvalue weighted by molar-refractivity contribution is 5.75. The molecule has 4 rings (SSSR count). The van der Waals surface area contributed by atoms with Crippen molar-refractivity contribution in [2.24, 2.45) is 11.8 Å². The van der Waals surface area contributed by atoms with Crippen molar-refractivity contribution >= 4 is 11.9 Å². The predicted molar refractivity (Wildman–Crippen MR) is 142 cm³/mol. The van der Waals surface area contributed by atoms with Gasteiger partial charge in [0.05, 0.1) is 40.5 Å². The molecule has 2 aliphatic heterocycles. The van der Waals surface area contributed by atoms with Crippen LogP contribution in [0.2, 0.25) is 0 Å². The summed E-state index contributed by atoms with van der Waals surface area (Å²) < 4.78 is 38.3. The third-order valence-corrected chi connectivity index (χ3v) is 7.31. The summed E-state index contributed by atoms with van der Waals surface area (Å²) in [5.41, 5.74) is 1.78. The van der Waals surface area contributed by atoms with E-state index >= 15 is 0 Å². The Hall–Kier alpha value is -3.58. The molecule has 0 spiro atoms. The van der Waals surface area contributed by atoms with Gasteiger partial charge >= 0.3 is 11.9 Å². The molecule has 0 amide bonds. The van der Waals surface area contributed by atoms with Crippen molar-refractivity contribution in [3.63, 3.8) is 0 Å². The minimum Gasteiger partial charge on any atom is -0.493 e. The van der Waals surface area contributed by atoms with E-state index < -0.39 is 49.2 Å². The molecule has 0 unspecified atom stereocenters. The molecule has 2 heterocycles. The van der Waals surface area contributed by atoms with Crippen LogP contribution in [0.25, 0.3) is 0 Å². The summed E-state index contributed by atoms with van der Waals surface area (Å²) in [6.45, 7) is 0.853.